The summed E-state index contributed by atoms with van der Waals surface area (Å²) in [5.41, 5.74) is 4.65. The Morgan fingerprint density at radius 3 is 2.37 bits per heavy atom. The van der Waals surface area contributed by atoms with Gasteiger partial charge in [-0.25, -0.2) is 9.18 Å². The lowest BCUT2D eigenvalue weighted by Crippen LogP contribution is -2.28. The zero-order valence-corrected chi connectivity index (χ0v) is 16.2. The maximum atomic E-state index is 13.3. The van der Waals surface area contributed by atoms with Gasteiger partial charge in [0.25, 0.3) is 0 Å². The second-order valence-electron chi connectivity index (χ2n) is 6.77. The predicted octanol–water partition coefficient (Wildman–Crippen LogP) is 5.17. The van der Waals surface area contributed by atoms with Crippen molar-refractivity contribution in [3.05, 3.63) is 90.0 Å². The number of hydrogen-bond donors (Lipinski definition) is 2. The number of carbonyl (C=O) groups is 1. The topological polar surface area (TPSA) is 80.0 Å². The first-order valence-corrected chi connectivity index (χ1v) is 9.36. The van der Waals surface area contributed by atoms with E-state index in [2.05, 4.69) is 20.8 Å². The van der Waals surface area contributed by atoms with Gasteiger partial charge < -0.3 is 9.84 Å². The third-order valence-corrected chi connectivity index (χ3v) is 4.58. The van der Waals surface area contributed by atoms with Crippen molar-refractivity contribution in [2.75, 3.05) is 5.32 Å². The van der Waals surface area contributed by atoms with Crippen LogP contribution in [0.3, 0.4) is 0 Å². The van der Waals surface area contributed by atoms with Crippen LogP contribution in [0.4, 0.5) is 15.1 Å². The summed E-state index contributed by atoms with van der Waals surface area (Å²) in [4.78, 5) is 16.5. The Balaban J connectivity index is 1.59. The lowest BCUT2D eigenvalue weighted by atomic mass is 10.0. The molecule has 2 aromatic carbocycles. The van der Waals surface area contributed by atoms with Crippen molar-refractivity contribution in [2.45, 2.75) is 13.5 Å². The molecule has 0 aliphatic rings. The predicted molar refractivity (Wildman–Crippen MR) is 112 cm³/mol. The van der Waals surface area contributed by atoms with Crippen LogP contribution in [0.5, 0.6) is 0 Å². The van der Waals surface area contributed by atoms with Gasteiger partial charge >= 0.3 is 6.03 Å². The highest BCUT2D eigenvalue weighted by molar-refractivity contribution is 5.96. The minimum atomic E-state index is -0.423. The third kappa shape index (κ3) is 4.35. The number of aromatic nitrogens is 2. The third-order valence-electron chi connectivity index (χ3n) is 4.58. The molecule has 0 aliphatic heterocycles. The first kappa shape index (κ1) is 19.3. The second-order valence-corrected chi connectivity index (χ2v) is 6.77. The summed E-state index contributed by atoms with van der Waals surface area (Å²) in [6.07, 6.45) is 3.27. The molecule has 2 amide bonds. The summed E-state index contributed by atoms with van der Waals surface area (Å²) in [6.45, 7) is 2.38. The van der Waals surface area contributed by atoms with Gasteiger partial charge in [0.05, 0.1) is 5.56 Å². The molecule has 2 aromatic heterocycles. The summed E-state index contributed by atoms with van der Waals surface area (Å²) in [5, 5.41) is 9.63. The Morgan fingerprint density at radius 1 is 0.967 bits per heavy atom. The molecule has 0 atom stereocenters. The largest absolute Gasteiger partial charge is 0.337 e. The summed E-state index contributed by atoms with van der Waals surface area (Å²) in [6, 6.07) is 17.0. The normalized spacial score (nSPS) is 10.6. The molecular weight excluding hydrogens is 383 g/mol. The molecule has 150 valence electrons. The molecule has 7 heteroatoms. The van der Waals surface area contributed by atoms with Gasteiger partial charge in [-0.1, -0.05) is 35.0 Å². The molecule has 2 heterocycles. The Morgan fingerprint density at radius 2 is 1.67 bits per heavy atom. The number of benzene rings is 2. The Bertz CT molecular complexity index is 1140. The number of halogens is 1. The minimum absolute atomic E-state index is 0.196. The molecule has 4 aromatic rings. The van der Waals surface area contributed by atoms with Gasteiger partial charge in [0.15, 0.2) is 0 Å². The highest BCUT2D eigenvalue weighted by atomic mass is 19.1. The molecule has 0 radical (unpaired) electrons. The van der Waals surface area contributed by atoms with Crippen LogP contribution in [0.2, 0.25) is 0 Å². The van der Waals surface area contributed by atoms with Crippen molar-refractivity contribution in [2.24, 2.45) is 0 Å². The molecule has 6 nitrogen and oxygen atoms in total. The van der Waals surface area contributed by atoms with Crippen molar-refractivity contribution >= 4 is 11.9 Å². The van der Waals surface area contributed by atoms with Gasteiger partial charge in [-0.3, -0.25) is 10.3 Å². The van der Waals surface area contributed by atoms with Crippen molar-refractivity contribution in [3.63, 3.8) is 0 Å². The molecule has 30 heavy (non-hydrogen) atoms. The first-order valence-electron chi connectivity index (χ1n) is 9.36. The number of nitrogens with zero attached hydrogens (tertiary/aromatic N) is 2. The van der Waals surface area contributed by atoms with Gasteiger partial charge in [-0.05, 0) is 54.4 Å². The van der Waals surface area contributed by atoms with Crippen LogP contribution in [-0.4, -0.2) is 16.2 Å². The number of urea groups is 1. The lowest BCUT2D eigenvalue weighted by Gasteiger charge is -2.08. The zero-order valence-electron chi connectivity index (χ0n) is 16.2. The molecule has 0 spiro atoms. The Kier molecular flexibility index (Phi) is 5.52. The number of amides is 2. The van der Waals surface area contributed by atoms with Gasteiger partial charge in [0, 0.05) is 24.5 Å². The fourth-order valence-corrected chi connectivity index (χ4v) is 3.00. The number of pyridine rings is 1. The molecule has 4 rings (SSSR count). The monoisotopic (exact) mass is 402 g/mol. The Hall–Kier alpha value is -4.00. The van der Waals surface area contributed by atoms with Crippen molar-refractivity contribution in [1.29, 1.82) is 0 Å². The number of hydrogen-bond acceptors (Lipinski definition) is 4. The van der Waals surface area contributed by atoms with E-state index in [1.807, 2.05) is 31.2 Å². The number of nitrogens with one attached hydrogen (secondary N) is 2. The zero-order chi connectivity index (χ0) is 20.9. The van der Waals surface area contributed by atoms with Crippen LogP contribution in [-0.2, 0) is 6.54 Å². The van der Waals surface area contributed by atoms with Crippen LogP contribution < -0.4 is 10.6 Å². The highest BCUT2D eigenvalue weighted by Crippen LogP contribution is 2.37. The van der Waals surface area contributed by atoms with Crippen molar-refractivity contribution < 1.29 is 13.7 Å². The number of carbonyl (C=O) groups excluding carboxylic acids is 1. The smallest absolute Gasteiger partial charge is 0.321 e. The van der Waals surface area contributed by atoms with E-state index >= 15 is 0 Å². The molecule has 0 aliphatic carbocycles. The molecule has 2 N–H and O–H groups in total. The van der Waals surface area contributed by atoms with E-state index in [4.69, 9.17) is 4.52 Å². The second kappa shape index (κ2) is 8.57. The molecule has 0 bridgehead atoms. The van der Waals surface area contributed by atoms with E-state index in [9.17, 15) is 9.18 Å². The van der Waals surface area contributed by atoms with Crippen LogP contribution in [0.25, 0.3) is 22.4 Å². The fraction of sp³-hybridized carbons (Fsp3) is 0.0870. The van der Waals surface area contributed by atoms with E-state index < -0.39 is 6.03 Å². The van der Waals surface area contributed by atoms with Gasteiger partial charge in [-0.2, -0.15) is 0 Å². The first-order chi connectivity index (χ1) is 14.6. The fourth-order valence-electron chi connectivity index (χ4n) is 3.00. The average Bonchev–Trinajstić information content (AvgIpc) is 3.18. The molecule has 0 saturated carbocycles. The van der Waals surface area contributed by atoms with Crippen LogP contribution in [0, 0.1) is 12.7 Å². The van der Waals surface area contributed by atoms with Gasteiger partial charge in [0.1, 0.15) is 11.5 Å². The summed E-state index contributed by atoms with van der Waals surface area (Å²) in [7, 11) is 0. The van der Waals surface area contributed by atoms with E-state index in [0.29, 0.717) is 23.4 Å². The summed E-state index contributed by atoms with van der Waals surface area (Å²) in [5.74, 6) is -0.150. The molecule has 0 saturated heterocycles. The van der Waals surface area contributed by atoms with Crippen LogP contribution in [0.15, 0.2) is 77.6 Å². The van der Waals surface area contributed by atoms with Crippen LogP contribution >= 0.6 is 0 Å². The molecule has 0 fully saturated rings. The van der Waals surface area contributed by atoms with Crippen LogP contribution in [0.1, 0.15) is 11.1 Å². The maximum absolute atomic E-state index is 13.3. The average molecular weight is 402 g/mol. The summed E-state index contributed by atoms with van der Waals surface area (Å²) < 4.78 is 18.8. The molecular formula is C23H19FN4O2. The Labute approximate surface area is 172 Å². The maximum Gasteiger partial charge on any atom is 0.321 e. The van der Waals surface area contributed by atoms with Gasteiger partial charge in [0.2, 0.25) is 5.88 Å². The summed E-state index contributed by atoms with van der Waals surface area (Å²) >= 11 is 0. The van der Waals surface area contributed by atoms with Crippen molar-refractivity contribution in [3.8, 4) is 22.4 Å². The SMILES string of the molecule is Cc1ccc(CNC(=O)Nc2onc(-c3ccc(F)cc3)c2-c2ccncc2)cc1. The van der Waals surface area contributed by atoms with E-state index in [1.165, 1.54) is 12.1 Å². The minimum Gasteiger partial charge on any atom is -0.337 e. The standard InChI is InChI=1S/C23H19FN4O2/c1-15-2-4-16(5-3-15)14-26-23(29)27-22-20(17-10-12-25-13-11-17)21(28-30-22)18-6-8-19(24)9-7-18/h2-13H,14H2,1H3,(H2,26,27,29). The number of anilines is 1. The highest BCUT2D eigenvalue weighted by Gasteiger charge is 2.21. The van der Waals surface area contributed by atoms with E-state index in [1.54, 1.807) is 36.7 Å². The van der Waals surface area contributed by atoms with E-state index in [0.717, 1.165) is 16.7 Å². The lowest BCUT2D eigenvalue weighted by molar-refractivity contribution is 0.251. The molecule has 0 unspecified atom stereocenters. The number of aryl methyl sites for hydroxylation is 1. The van der Waals surface area contributed by atoms with E-state index in [-0.39, 0.29) is 11.7 Å². The quantitative estimate of drug-likeness (QED) is 0.482. The van der Waals surface area contributed by atoms with Crippen molar-refractivity contribution in [1.82, 2.24) is 15.5 Å². The number of rotatable bonds is 5. The van der Waals surface area contributed by atoms with Gasteiger partial charge in [-0.15, -0.1) is 0 Å².